The van der Waals surface area contributed by atoms with E-state index in [4.69, 9.17) is 5.11 Å². The van der Waals surface area contributed by atoms with Crippen molar-refractivity contribution in [2.45, 2.75) is 13.8 Å². The molecule has 0 aromatic heterocycles. The van der Waals surface area contributed by atoms with Gasteiger partial charge in [0.25, 0.3) is 0 Å². The van der Waals surface area contributed by atoms with Gasteiger partial charge < -0.3 is 5.11 Å². The molecule has 1 rings (SSSR count). The molecule has 1 aliphatic rings. The van der Waals surface area contributed by atoms with E-state index in [0.717, 1.165) is 0 Å². The van der Waals surface area contributed by atoms with Crippen LogP contribution in [0.5, 0.6) is 0 Å². The van der Waals surface area contributed by atoms with Gasteiger partial charge in [-0.25, -0.2) is 4.39 Å². The van der Waals surface area contributed by atoms with Gasteiger partial charge in [-0.05, 0) is 17.4 Å². The molecular weight excluding hydrogens is 239 g/mol. The maximum absolute atomic E-state index is 12.8. The zero-order chi connectivity index (χ0) is 10.2. The third-order valence-corrected chi connectivity index (χ3v) is 3.20. The molecule has 1 saturated carbocycles. The van der Waals surface area contributed by atoms with Crippen LogP contribution in [0.15, 0.2) is 11.9 Å². The SMILES string of the molecule is CC1(C)[C@H](C=C(F)CBr)[C@H]1C(=O)O. The molecule has 74 valence electrons. The Labute approximate surface area is 85.0 Å². The number of carboxylic acid groups (broad SMARTS) is 1. The zero-order valence-electron chi connectivity index (χ0n) is 7.55. The second kappa shape index (κ2) is 3.40. The molecule has 0 unspecified atom stereocenters. The molecule has 2 atom stereocenters. The molecule has 1 N–H and O–H groups in total. The van der Waals surface area contributed by atoms with Crippen LogP contribution in [-0.4, -0.2) is 16.4 Å². The molecule has 0 spiro atoms. The normalized spacial score (nSPS) is 31.5. The lowest BCUT2D eigenvalue weighted by atomic mass is 10.1. The molecule has 0 radical (unpaired) electrons. The van der Waals surface area contributed by atoms with Gasteiger partial charge in [0.05, 0.1) is 11.2 Å². The monoisotopic (exact) mass is 250 g/mol. The van der Waals surface area contributed by atoms with Gasteiger partial charge in [0.2, 0.25) is 0 Å². The Bertz CT molecular complexity index is 260. The quantitative estimate of drug-likeness (QED) is 0.783. The van der Waals surface area contributed by atoms with Crippen LogP contribution in [0.1, 0.15) is 13.8 Å². The highest BCUT2D eigenvalue weighted by atomic mass is 79.9. The third kappa shape index (κ3) is 1.93. The molecule has 0 saturated heterocycles. The molecule has 0 amide bonds. The van der Waals surface area contributed by atoms with Crippen molar-refractivity contribution in [2.24, 2.45) is 17.3 Å². The van der Waals surface area contributed by atoms with Crippen molar-refractivity contribution in [1.29, 1.82) is 0 Å². The van der Waals surface area contributed by atoms with E-state index in [2.05, 4.69) is 15.9 Å². The number of allylic oxidation sites excluding steroid dienone is 2. The van der Waals surface area contributed by atoms with Gasteiger partial charge in [0.1, 0.15) is 5.83 Å². The van der Waals surface area contributed by atoms with Crippen LogP contribution in [0.4, 0.5) is 4.39 Å². The lowest BCUT2D eigenvalue weighted by molar-refractivity contribution is -0.139. The fourth-order valence-electron chi connectivity index (χ4n) is 1.70. The Balaban J connectivity index is 2.71. The number of hydrogen-bond acceptors (Lipinski definition) is 1. The summed E-state index contributed by atoms with van der Waals surface area (Å²) >= 11 is 2.97. The van der Waals surface area contributed by atoms with E-state index < -0.39 is 11.9 Å². The highest BCUT2D eigenvalue weighted by molar-refractivity contribution is 9.09. The lowest BCUT2D eigenvalue weighted by Gasteiger charge is -1.96. The van der Waals surface area contributed by atoms with Crippen LogP contribution >= 0.6 is 15.9 Å². The highest BCUT2D eigenvalue weighted by Crippen LogP contribution is 2.59. The van der Waals surface area contributed by atoms with Gasteiger partial charge in [-0.2, -0.15) is 0 Å². The van der Waals surface area contributed by atoms with E-state index >= 15 is 0 Å². The first-order valence-electron chi connectivity index (χ1n) is 4.06. The van der Waals surface area contributed by atoms with Gasteiger partial charge in [-0.3, -0.25) is 4.79 Å². The van der Waals surface area contributed by atoms with E-state index in [9.17, 15) is 9.18 Å². The van der Waals surface area contributed by atoms with Crippen molar-refractivity contribution >= 4 is 21.9 Å². The Morgan fingerprint density at radius 1 is 1.69 bits per heavy atom. The van der Waals surface area contributed by atoms with Crippen LogP contribution in [0.25, 0.3) is 0 Å². The van der Waals surface area contributed by atoms with Crippen molar-refractivity contribution in [3.8, 4) is 0 Å². The smallest absolute Gasteiger partial charge is 0.307 e. The summed E-state index contributed by atoms with van der Waals surface area (Å²) in [4.78, 5) is 10.7. The Morgan fingerprint density at radius 3 is 2.54 bits per heavy atom. The molecule has 4 heteroatoms. The predicted octanol–water partition coefficient (Wildman–Crippen LogP) is 2.59. The van der Waals surface area contributed by atoms with Crippen molar-refractivity contribution < 1.29 is 14.3 Å². The molecule has 1 fully saturated rings. The molecule has 2 nitrogen and oxygen atoms in total. The van der Waals surface area contributed by atoms with E-state index in [0.29, 0.717) is 0 Å². The van der Waals surface area contributed by atoms with E-state index in [-0.39, 0.29) is 22.5 Å². The number of halogens is 2. The summed E-state index contributed by atoms with van der Waals surface area (Å²) < 4.78 is 12.8. The van der Waals surface area contributed by atoms with Crippen molar-refractivity contribution in [3.05, 3.63) is 11.9 Å². The molecule has 0 aromatic carbocycles. The first-order chi connectivity index (χ1) is 5.91. The fourth-order valence-corrected chi connectivity index (χ4v) is 1.89. The number of alkyl halides is 1. The Morgan fingerprint density at radius 2 is 2.23 bits per heavy atom. The maximum atomic E-state index is 12.8. The summed E-state index contributed by atoms with van der Waals surface area (Å²) in [5.74, 6) is -1.73. The number of hydrogen-bond donors (Lipinski definition) is 1. The van der Waals surface area contributed by atoms with Gasteiger partial charge in [-0.15, -0.1) is 0 Å². The molecule has 0 aromatic rings. The van der Waals surface area contributed by atoms with Gasteiger partial charge in [0.15, 0.2) is 0 Å². The van der Waals surface area contributed by atoms with Crippen LogP contribution < -0.4 is 0 Å². The minimum atomic E-state index is -0.839. The predicted molar refractivity (Wildman–Crippen MR) is 51.4 cm³/mol. The van der Waals surface area contributed by atoms with E-state index in [1.54, 1.807) is 0 Å². The number of aliphatic carboxylic acids is 1. The largest absolute Gasteiger partial charge is 0.481 e. The molecule has 0 heterocycles. The van der Waals surface area contributed by atoms with Crippen LogP contribution in [0.3, 0.4) is 0 Å². The fraction of sp³-hybridized carbons (Fsp3) is 0.667. The molecule has 0 aliphatic heterocycles. The van der Waals surface area contributed by atoms with Crippen molar-refractivity contribution in [3.63, 3.8) is 0 Å². The minimum Gasteiger partial charge on any atom is -0.481 e. The van der Waals surface area contributed by atoms with Crippen LogP contribution in [-0.2, 0) is 4.79 Å². The van der Waals surface area contributed by atoms with Crippen molar-refractivity contribution in [2.75, 3.05) is 5.33 Å². The Kier molecular flexibility index (Phi) is 2.80. The number of carbonyl (C=O) groups is 1. The average molecular weight is 251 g/mol. The highest BCUT2D eigenvalue weighted by Gasteiger charge is 2.61. The molecule has 13 heavy (non-hydrogen) atoms. The summed E-state index contributed by atoms with van der Waals surface area (Å²) in [5, 5.41) is 8.94. The summed E-state index contributed by atoms with van der Waals surface area (Å²) in [6, 6.07) is 0. The van der Waals surface area contributed by atoms with E-state index in [1.807, 2.05) is 13.8 Å². The maximum Gasteiger partial charge on any atom is 0.307 e. The topological polar surface area (TPSA) is 37.3 Å². The lowest BCUT2D eigenvalue weighted by Crippen LogP contribution is -2.03. The molecule has 1 aliphatic carbocycles. The van der Waals surface area contributed by atoms with Gasteiger partial charge >= 0.3 is 5.97 Å². The molecular formula is C9H12BrFO2. The Hall–Kier alpha value is -0.380. The summed E-state index contributed by atoms with van der Waals surface area (Å²) in [7, 11) is 0. The van der Waals surface area contributed by atoms with Gasteiger partial charge in [0, 0.05) is 0 Å². The minimum absolute atomic E-state index is 0.159. The average Bonchev–Trinajstić information content (AvgIpc) is 2.53. The third-order valence-electron chi connectivity index (χ3n) is 2.66. The zero-order valence-corrected chi connectivity index (χ0v) is 9.14. The first-order valence-corrected chi connectivity index (χ1v) is 5.18. The van der Waals surface area contributed by atoms with E-state index in [1.165, 1.54) is 6.08 Å². The standard InChI is InChI=1S/C9H12BrFO2/c1-9(2)6(3-5(11)4-10)7(9)8(12)13/h3,6-7H,4H2,1-2H3,(H,12,13)/t6-,7+/m1/s1. The number of carboxylic acids is 1. The number of rotatable bonds is 3. The van der Waals surface area contributed by atoms with Crippen LogP contribution in [0, 0.1) is 17.3 Å². The summed E-state index contributed by atoms with van der Waals surface area (Å²) in [5.41, 5.74) is -0.300. The summed E-state index contributed by atoms with van der Waals surface area (Å²) in [6.45, 7) is 3.68. The van der Waals surface area contributed by atoms with Crippen molar-refractivity contribution in [1.82, 2.24) is 0 Å². The second-order valence-electron chi connectivity index (χ2n) is 3.91. The van der Waals surface area contributed by atoms with Crippen LogP contribution in [0.2, 0.25) is 0 Å². The second-order valence-corrected chi connectivity index (χ2v) is 4.47. The van der Waals surface area contributed by atoms with Gasteiger partial charge in [-0.1, -0.05) is 29.8 Å². The summed E-state index contributed by atoms with van der Waals surface area (Å²) in [6.07, 6.45) is 1.41. The first kappa shape index (κ1) is 10.7. The molecule has 0 bridgehead atoms.